The number of Topliss-reactive ketones (excluding diaryl/α,β-unsaturated/α-hetero) is 2. The maximum Gasteiger partial charge on any atom is 0.270 e. The predicted molar refractivity (Wildman–Crippen MR) is 445 cm³/mol. The Kier molecular flexibility index (Phi) is 26.6. The van der Waals surface area contributed by atoms with E-state index in [0.29, 0.717) is 46.6 Å². The monoisotopic (exact) mass is 1530 g/mol. The van der Waals surface area contributed by atoms with Crippen LogP contribution < -0.4 is 18.9 Å². The molecule has 0 saturated carbocycles. The number of halogens is 2. The number of hydrogen-bond acceptors (Lipinski definition) is 12. The Labute approximate surface area is 653 Å². The van der Waals surface area contributed by atoms with Crippen LogP contribution in [0, 0.1) is 35.8 Å². The Hall–Kier alpha value is -7.50. The highest BCUT2D eigenvalue weighted by Crippen LogP contribution is 2.64. The molecule has 8 aromatic rings. The molecule has 0 saturated heterocycles. The van der Waals surface area contributed by atoms with Crippen LogP contribution >= 0.6 is 68.5 Å². The summed E-state index contributed by atoms with van der Waals surface area (Å²) in [7, 11) is 0. The van der Waals surface area contributed by atoms with Crippen molar-refractivity contribution in [3.8, 4) is 54.6 Å². The van der Waals surface area contributed by atoms with Gasteiger partial charge in [-0.2, -0.15) is 0 Å². The lowest BCUT2D eigenvalue weighted by Crippen LogP contribution is -2.35. The van der Waals surface area contributed by atoms with E-state index in [-0.39, 0.29) is 44.2 Å². The summed E-state index contributed by atoms with van der Waals surface area (Å²) < 4.78 is 33.1. The number of nitriles is 2. The largest absolute Gasteiger partial charge is 0.491 e. The van der Waals surface area contributed by atoms with Gasteiger partial charge in [0.05, 0.1) is 77.5 Å². The van der Waals surface area contributed by atoms with Crippen molar-refractivity contribution < 1.29 is 28.5 Å². The molecular weight excluding hydrogens is 1430 g/mol. The number of unbranched alkanes of at least 4 members (excludes halogenated alkanes) is 22. The fourth-order valence-electron chi connectivity index (χ4n) is 16.2. The molecule has 12 rings (SSSR count). The molecule has 2 aliphatic heterocycles. The quantitative estimate of drug-likeness (QED) is 0.0162. The van der Waals surface area contributed by atoms with Gasteiger partial charge in [0.1, 0.15) is 34.2 Å². The van der Waals surface area contributed by atoms with Crippen LogP contribution in [-0.4, -0.2) is 24.8 Å². The number of thiophene rings is 4. The number of ether oxygens (including phenoxy) is 4. The average molecular weight is 1530 g/mol. The molecule has 0 amide bonds. The van der Waals surface area contributed by atoms with Crippen LogP contribution in [0.5, 0.6) is 23.0 Å². The van der Waals surface area contributed by atoms with Crippen LogP contribution in [0.1, 0.15) is 300 Å². The Morgan fingerprint density at radius 2 is 0.811 bits per heavy atom. The lowest BCUT2D eigenvalue weighted by atomic mass is 9.81. The molecule has 16 heteroatoms. The number of ketones is 2. The molecule has 10 nitrogen and oxygen atoms in total. The summed E-state index contributed by atoms with van der Waals surface area (Å²) in [5, 5.41) is 25.2. The van der Waals surface area contributed by atoms with Crippen LogP contribution in [0.3, 0.4) is 0 Å². The first-order valence-corrected chi connectivity index (χ1v) is 43.4. The Morgan fingerprint density at radius 3 is 1.21 bits per heavy atom. The zero-order valence-corrected chi connectivity index (χ0v) is 67.4. The smallest absolute Gasteiger partial charge is 0.270 e. The molecule has 0 N–H and O–H groups in total. The van der Waals surface area contributed by atoms with E-state index in [0.717, 1.165) is 261 Å². The second-order valence-corrected chi connectivity index (χ2v) is 34.3. The summed E-state index contributed by atoms with van der Waals surface area (Å²) in [6, 6.07) is 23.9. The Balaban J connectivity index is 1.12. The van der Waals surface area contributed by atoms with Gasteiger partial charge in [0, 0.05) is 75.8 Å². The minimum Gasteiger partial charge on any atom is -0.491 e. The lowest BCUT2D eigenvalue weighted by molar-refractivity contribution is 0.0411. The van der Waals surface area contributed by atoms with Gasteiger partial charge in [-0.3, -0.25) is 9.59 Å². The van der Waals surface area contributed by atoms with Crippen molar-refractivity contribution in [2.45, 2.75) is 258 Å². The SMILES string of the molecule is [C-]#[N+]C(C#N)=C1/C(=C/c2cc3c(s2)-c2sc4c(OCCCCCCCC)c5cc6c7c(sc6c(OCCCCCCCC)c5cc4c2OC3(CCCCCC)CCCCCC)-c2sc(/C=C3\C(=O)c4cc(Cl)c(Cl)cc4\C3=C(\C#N)[N+]#[C-])cc2C(CCCCCC)(CCCCCC)O7)C(=O)c2ccccc21. The summed E-state index contributed by atoms with van der Waals surface area (Å²) in [6.07, 6.45) is 37.2. The van der Waals surface area contributed by atoms with Crippen molar-refractivity contribution in [3.63, 3.8) is 0 Å². The summed E-state index contributed by atoms with van der Waals surface area (Å²) in [4.78, 5) is 42.7. The first kappa shape index (κ1) is 78.1. The highest BCUT2D eigenvalue weighted by atomic mass is 35.5. The zero-order chi connectivity index (χ0) is 74.5. The van der Waals surface area contributed by atoms with E-state index in [4.69, 9.17) is 55.3 Å². The van der Waals surface area contributed by atoms with Gasteiger partial charge in [0.2, 0.25) is 0 Å². The Bertz CT molecular complexity index is 4870. The van der Waals surface area contributed by atoms with E-state index in [9.17, 15) is 20.1 Å². The topological polar surface area (TPSA) is 127 Å². The highest BCUT2D eigenvalue weighted by molar-refractivity contribution is 7.28. The van der Waals surface area contributed by atoms with Crippen molar-refractivity contribution in [2.75, 3.05) is 13.2 Å². The number of carbonyl (C=O) groups is 2. The molecule has 0 unspecified atom stereocenters. The number of carbonyl (C=O) groups excluding carboxylic acids is 2. The van der Waals surface area contributed by atoms with Crippen LogP contribution in [0.2, 0.25) is 10.0 Å². The number of fused-ring (bicyclic) bond motifs is 13. The van der Waals surface area contributed by atoms with Gasteiger partial charge < -0.3 is 18.9 Å². The molecule has 0 radical (unpaired) electrons. The molecule has 0 fully saturated rings. The van der Waals surface area contributed by atoms with E-state index in [1.54, 1.807) is 63.5 Å². The molecule has 0 atom stereocenters. The van der Waals surface area contributed by atoms with Gasteiger partial charge in [-0.15, -0.1) is 45.3 Å². The third-order valence-electron chi connectivity index (χ3n) is 21.8. The van der Waals surface area contributed by atoms with E-state index in [1.807, 2.05) is 30.4 Å². The van der Waals surface area contributed by atoms with Crippen LogP contribution in [0.15, 0.2) is 83.2 Å². The van der Waals surface area contributed by atoms with Crippen molar-refractivity contribution in [1.82, 2.24) is 0 Å². The molecular formula is C90H98Cl2N4O6S4. The fourth-order valence-corrected chi connectivity index (χ4v) is 21.7. The highest BCUT2D eigenvalue weighted by Gasteiger charge is 2.47. The normalized spacial score (nSPS) is 16.1. The summed E-state index contributed by atoms with van der Waals surface area (Å²) in [5.74, 6) is 2.77. The van der Waals surface area contributed by atoms with Crippen LogP contribution in [-0.2, 0) is 11.2 Å². The first-order chi connectivity index (χ1) is 51.8. The third-order valence-corrected chi connectivity index (χ3v) is 27.4. The van der Waals surface area contributed by atoms with Gasteiger partial charge in [0.25, 0.3) is 11.4 Å². The van der Waals surface area contributed by atoms with Crippen molar-refractivity contribution in [3.05, 3.63) is 159 Å². The molecule has 552 valence electrons. The predicted octanol–water partition coefficient (Wildman–Crippen LogP) is 29.4. The van der Waals surface area contributed by atoms with E-state index in [2.05, 4.69) is 87.6 Å². The number of hydrogen-bond donors (Lipinski definition) is 0. The van der Waals surface area contributed by atoms with Crippen LogP contribution in [0.25, 0.3) is 83.4 Å². The second-order valence-electron chi connectivity index (χ2n) is 29.3. The molecule has 4 aliphatic rings. The number of allylic oxidation sites excluding steroid dienone is 6. The minimum atomic E-state index is -0.740. The Morgan fingerprint density at radius 1 is 0.453 bits per heavy atom. The molecule has 6 heterocycles. The molecule has 4 aromatic carbocycles. The zero-order valence-electron chi connectivity index (χ0n) is 62.6. The van der Waals surface area contributed by atoms with Crippen molar-refractivity contribution >= 4 is 134 Å². The van der Waals surface area contributed by atoms with Gasteiger partial charge in [-0.25, -0.2) is 20.2 Å². The number of nitrogens with zero attached hydrogens (tertiary/aromatic N) is 4. The average Bonchev–Trinajstić information content (AvgIpc) is 1.53. The van der Waals surface area contributed by atoms with E-state index >= 15 is 0 Å². The first-order valence-electron chi connectivity index (χ1n) is 39.4. The second kappa shape index (κ2) is 36.1. The van der Waals surface area contributed by atoms with E-state index in [1.165, 1.54) is 38.5 Å². The number of rotatable bonds is 38. The molecule has 106 heavy (non-hydrogen) atoms. The lowest BCUT2D eigenvalue weighted by Gasteiger charge is -2.39. The standard InChI is InChI=1S/C90H98Cl2N4O6S4/c1-9-15-21-27-29-37-45-99-79-64-52-68-82-88(86-70(90(102-82,43-35-25-19-13-5)44-36-26-20-14-6)50-58(104-86)48-66-76(74(56-94)96-8)61-53-71(91)72(92)54-62(61)78(66)98)106-84(68)80(100-46-38-30-28-22-16-10-2)63(64)51-67-81-87(105-83(67)79)85-69(89(101-81,41-33-23-17-11-3)42-34-24-18-12-4)49-57(103-85)47-65-75(73(55-93)95-7)59-39-31-32-40-60(59)77(65)97/h31-32,39-40,47-54H,9-30,33-38,41-46H2,1-6H3/b65-47-,66-48-,75-73?,76-74+. The van der Waals surface area contributed by atoms with E-state index < -0.39 is 11.2 Å². The van der Waals surface area contributed by atoms with Gasteiger partial charge in [-0.1, -0.05) is 230 Å². The number of benzene rings is 4. The van der Waals surface area contributed by atoms with Crippen molar-refractivity contribution in [1.29, 1.82) is 10.5 Å². The molecule has 0 bridgehead atoms. The van der Waals surface area contributed by atoms with Gasteiger partial charge in [-0.05, 0) is 124 Å². The maximum atomic E-state index is 14.8. The minimum absolute atomic E-state index is 0.0988. The summed E-state index contributed by atoms with van der Waals surface area (Å²) in [6.45, 7) is 30.9. The summed E-state index contributed by atoms with van der Waals surface area (Å²) in [5.41, 5.74) is 3.59. The van der Waals surface area contributed by atoms with Gasteiger partial charge in [0.15, 0.2) is 11.6 Å². The maximum absolute atomic E-state index is 14.8. The molecule has 4 aromatic heterocycles. The molecule has 0 spiro atoms. The molecule has 2 aliphatic carbocycles. The van der Waals surface area contributed by atoms with Gasteiger partial charge >= 0.3 is 0 Å². The van der Waals surface area contributed by atoms with Crippen LogP contribution in [0.4, 0.5) is 0 Å². The fraction of sp³-hybridized carbons (Fsp3) is 0.467. The third kappa shape index (κ3) is 15.9. The summed E-state index contributed by atoms with van der Waals surface area (Å²) >= 11 is 20.0. The van der Waals surface area contributed by atoms with Crippen molar-refractivity contribution in [2.24, 2.45) is 0 Å².